The fraction of sp³-hybridized carbons (Fsp3) is 0.625. The Hall–Kier alpha value is -0.340. The van der Waals surface area contributed by atoms with Crippen LogP contribution in [0.25, 0.3) is 0 Å². The van der Waals surface area contributed by atoms with Gasteiger partial charge >= 0.3 is 0 Å². The molecule has 11 heavy (non-hydrogen) atoms. The minimum Gasteiger partial charge on any atom is -0.310 e. The number of alkyl halides is 1. The summed E-state index contributed by atoms with van der Waals surface area (Å²) in [6.45, 7) is 2.85. The Labute approximate surface area is 71.6 Å². The molecule has 0 aromatic heterocycles. The maximum absolute atomic E-state index is 11.1. The van der Waals surface area contributed by atoms with Gasteiger partial charge in [-0.2, -0.15) is 0 Å². The van der Waals surface area contributed by atoms with E-state index in [9.17, 15) is 4.79 Å². The molecule has 0 aliphatic carbocycles. The second-order valence-corrected chi connectivity index (χ2v) is 3.07. The molecule has 0 spiro atoms. The first kappa shape index (κ1) is 8.75. The van der Waals surface area contributed by atoms with Crippen LogP contribution in [0.3, 0.4) is 0 Å². The average molecular weight is 174 g/mol. The van der Waals surface area contributed by atoms with E-state index in [1.165, 1.54) is 0 Å². The minimum absolute atomic E-state index is 0.0695. The molecule has 0 radical (unpaired) electrons. The van der Waals surface area contributed by atoms with Gasteiger partial charge in [0.15, 0.2) is 5.78 Å². The molecule has 0 fully saturated rings. The molecule has 62 valence electrons. The summed E-state index contributed by atoms with van der Waals surface area (Å²) >= 11 is 5.42. The molecule has 0 amide bonds. The summed E-state index contributed by atoms with van der Waals surface area (Å²) in [5, 5.41) is 3.22. The fourth-order valence-electron chi connectivity index (χ4n) is 1.18. The largest absolute Gasteiger partial charge is 0.310 e. The van der Waals surface area contributed by atoms with E-state index in [1.54, 1.807) is 0 Å². The van der Waals surface area contributed by atoms with Crippen LogP contribution >= 0.6 is 11.6 Å². The standard InChI is InChI=1S/C8H12ClNO/c1-6-4-7(2-3-10-6)8(11)5-9/h2,6,10H,3-5H2,1H3/t6-/m1/s1. The van der Waals surface area contributed by atoms with Gasteiger partial charge in [0.2, 0.25) is 0 Å². The number of hydrogen-bond acceptors (Lipinski definition) is 2. The van der Waals surface area contributed by atoms with Crippen molar-refractivity contribution in [2.24, 2.45) is 0 Å². The molecular weight excluding hydrogens is 162 g/mol. The lowest BCUT2D eigenvalue weighted by atomic mass is 10.0. The zero-order chi connectivity index (χ0) is 8.27. The summed E-state index contributed by atoms with van der Waals surface area (Å²) in [6, 6.07) is 0.405. The highest BCUT2D eigenvalue weighted by atomic mass is 35.5. The van der Waals surface area contributed by atoms with Crippen molar-refractivity contribution < 1.29 is 4.79 Å². The number of halogens is 1. The van der Waals surface area contributed by atoms with Gasteiger partial charge in [-0.1, -0.05) is 6.08 Å². The first-order chi connectivity index (χ1) is 5.24. The fourth-order valence-corrected chi connectivity index (χ4v) is 1.35. The van der Waals surface area contributed by atoms with E-state index in [0.717, 1.165) is 18.5 Å². The third-order valence-corrected chi connectivity index (χ3v) is 2.06. The van der Waals surface area contributed by atoms with Crippen molar-refractivity contribution >= 4 is 17.4 Å². The van der Waals surface area contributed by atoms with Gasteiger partial charge in [0.1, 0.15) is 0 Å². The van der Waals surface area contributed by atoms with Crippen molar-refractivity contribution in [1.82, 2.24) is 5.32 Å². The van der Waals surface area contributed by atoms with E-state index >= 15 is 0 Å². The number of ketones is 1. The quantitative estimate of drug-likeness (QED) is 0.634. The maximum atomic E-state index is 11.1. The van der Waals surface area contributed by atoms with Gasteiger partial charge in [0.05, 0.1) is 5.88 Å². The van der Waals surface area contributed by atoms with Gasteiger partial charge in [-0.05, 0) is 18.9 Å². The molecule has 0 saturated carbocycles. The Morgan fingerprint density at radius 3 is 3.18 bits per heavy atom. The number of carbonyl (C=O) groups is 1. The molecule has 1 atom stereocenters. The van der Waals surface area contributed by atoms with Gasteiger partial charge in [-0.15, -0.1) is 11.6 Å². The summed E-state index contributed by atoms with van der Waals surface area (Å²) in [5.41, 5.74) is 0.881. The second kappa shape index (κ2) is 3.88. The Balaban J connectivity index is 2.57. The van der Waals surface area contributed by atoms with E-state index in [1.807, 2.05) is 6.08 Å². The molecule has 2 nitrogen and oxygen atoms in total. The average Bonchev–Trinajstić information content (AvgIpc) is 2.03. The van der Waals surface area contributed by atoms with Crippen molar-refractivity contribution in [3.63, 3.8) is 0 Å². The highest BCUT2D eigenvalue weighted by molar-refractivity contribution is 6.30. The lowest BCUT2D eigenvalue weighted by Gasteiger charge is -2.19. The lowest BCUT2D eigenvalue weighted by Crippen LogP contribution is -2.32. The summed E-state index contributed by atoms with van der Waals surface area (Å²) < 4.78 is 0. The maximum Gasteiger partial charge on any atom is 0.173 e. The van der Waals surface area contributed by atoms with Gasteiger partial charge in [0, 0.05) is 12.6 Å². The molecule has 0 saturated heterocycles. The monoisotopic (exact) mass is 173 g/mol. The molecule has 0 aromatic carbocycles. The predicted molar refractivity (Wildman–Crippen MR) is 45.9 cm³/mol. The van der Waals surface area contributed by atoms with Crippen molar-refractivity contribution in [2.75, 3.05) is 12.4 Å². The number of carbonyl (C=O) groups excluding carboxylic acids is 1. The van der Waals surface area contributed by atoms with Crippen LogP contribution in [0, 0.1) is 0 Å². The third kappa shape index (κ3) is 2.31. The van der Waals surface area contributed by atoms with Crippen LogP contribution < -0.4 is 5.32 Å². The van der Waals surface area contributed by atoms with Crippen LogP contribution in [0.2, 0.25) is 0 Å². The number of Topliss-reactive ketones (excluding diaryl/α,β-unsaturated/α-hetero) is 1. The van der Waals surface area contributed by atoms with Crippen molar-refractivity contribution in [2.45, 2.75) is 19.4 Å². The van der Waals surface area contributed by atoms with Gasteiger partial charge < -0.3 is 5.32 Å². The van der Waals surface area contributed by atoms with E-state index in [0.29, 0.717) is 6.04 Å². The smallest absolute Gasteiger partial charge is 0.173 e. The Bertz CT molecular complexity index is 189. The predicted octanol–water partition coefficient (Wildman–Crippen LogP) is 1.10. The summed E-state index contributed by atoms with van der Waals surface area (Å²) in [4.78, 5) is 11.1. The Morgan fingerprint density at radius 1 is 1.91 bits per heavy atom. The molecule has 0 bridgehead atoms. The van der Waals surface area contributed by atoms with E-state index < -0.39 is 0 Å². The molecule has 1 heterocycles. The lowest BCUT2D eigenvalue weighted by molar-refractivity contribution is -0.113. The van der Waals surface area contributed by atoms with Crippen molar-refractivity contribution in [3.8, 4) is 0 Å². The Morgan fingerprint density at radius 2 is 2.64 bits per heavy atom. The number of hydrogen-bond donors (Lipinski definition) is 1. The molecule has 1 N–H and O–H groups in total. The molecule has 1 aliphatic heterocycles. The zero-order valence-electron chi connectivity index (χ0n) is 6.56. The normalized spacial score (nSPS) is 24.5. The van der Waals surface area contributed by atoms with Gasteiger partial charge in [-0.3, -0.25) is 4.79 Å². The first-order valence-corrected chi connectivity index (χ1v) is 4.29. The van der Waals surface area contributed by atoms with Crippen LogP contribution in [0.1, 0.15) is 13.3 Å². The van der Waals surface area contributed by atoms with Gasteiger partial charge in [-0.25, -0.2) is 0 Å². The van der Waals surface area contributed by atoms with Crippen LogP contribution in [-0.2, 0) is 4.79 Å². The summed E-state index contributed by atoms with van der Waals surface area (Å²) in [5.74, 6) is 0.179. The third-order valence-electron chi connectivity index (χ3n) is 1.82. The highest BCUT2D eigenvalue weighted by Crippen LogP contribution is 2.11. The van der Waals surface area contributed by atoms with Crippen molar-refractivity contribution in [1.29, 1.82) is 0 Å². The molecule has 0 unspecified atom stereocenters. The van der Waals surface area contributed by atoms with E-state index in [4.69, 9.17) is 11.6 Å². The van der Waals surface area contributed by atoms with Crippen LogP contribution in [-0.4, -0.2) is 24.2 Å². The Kier molecular flexibility index (Phi) is 3.09. The number of rotatable bonds is 2. The van der Waals surface area contributed by atoms with E-state index in [2.05, 4.69) is 12.2 Å². The van der Waals surface area contributed by atoms with Crippen LogP contribution in [0.5, 0.6) is 0 Å². The SMILES string of the molecule is C[C@@H]1CC(C(=O)CCl)=CCN1. The summed E-state index contributed by atoms with van der Waals surface area (Å²) in [6.07, 6.45) is 2.73. The van der Waals surface area contributed by atoms with Gasteiger partial charge in [0.25, 0.3) is 0 Å². The first-order valence-electron chi connectivity index (χ1n) is 3.75. The van der Waals surface area contributed by atoms with E-state index in [-0.39, 0.29) is 11.7 Å². The highest BCUT2D eigenvalue weighted by Gasteiger charge is 2.14. The topological polar surface area (TPSA) is 29.1 Å². The molecule has 1 aliphatic rings. The minimum atomic E-state index is 0.0695. The molecule has 0 aromatic rings. The second-order valence-electron chi connectivity index (χ2n) is 2.80. The van der Waals surface area contributed by atoms with Crippen molar-refractivity contribution in [3.05, 3.63) is 11.6 Å². The number of nitrogens with one attached hydrogen (secondary N) is 1. The molecule has 1 rings (SSSR count). The molecular formula is C8H12ClNO. The van der Waals surface area contributed by atoms with Crippen LogP contribution in [0.15, 0.2) is 11.6 Å². The zero-order valence-corrected chi connectivity index (χ0v) is 7.32. The summed E-state index contributed by atoms with van der Waals surface area (Å²) in [7, 11) is 0. The van der Waals surface area contributed by atoms with Crippen LogP contribution in [0.4, 0.5) is 0 Å². The molecule has 3 heteroatoms.